The van der Waals surface area contributed by atoms with Crippen molar-refractivity contribution in [3.8, 4) is 0 Å². The summed E-state index contributed by atoms with van der Waals surface area (Å²) in [5.41, 5.74) is -0.250. The van der Waals surface area contributed by atoms with Crippen molar-refractivity contribution in [2.75, 3.05) is 6.61 Å². The zero-order chi connectivity index (χ0) is 13.5. The minimum Gasteiger partial charge on any atom is -0.460 e. The maximum absolute atomic E-state index is 11.4. The van der Waals surface area contributed by atoms with E-state index >= 15 is 0 Å². The van der Waals surface area contributed by atoms with Gasteiger partial charge in [-0.05, 0) is 27.2 Å². The summed E-state index contributed by atoms with van der Waals surface area (Å²) in [6.45, 7) is 12.5. The van der Waals surface area contributed by atoms with Crippen LogP contribution in [0.5, 0.6) is 0 Å². The molecule has 0 amide bonds. The van der Waals surface area contributed by atoms with Gasteiger partial charge in [0, 0.05) is 12.0 Å². The summed E-state index contributed by atoms with van der Waals surface area (Å²) in [7, 11) is 0. The number of hydrogen-bond acceptors (Lipinski definition) is 4. The molecular weight excluding hydrogens is 220 g/mol. The number of hydrogen-bond donors (Lipinski definition) is 0. The van der Waals surface area contributed by atoms with Crippen LogP contribution in [0.25, 0.3) is 0 Å². The van der Waals surface area contributed by atoms with Gasteiger partial charge in [-0.3, -0.25) is 4.79 Å². The predicted octanol–water partition coefficient (Wildman–Crippen LogP) is 2.39. The molecule has 0 aliphatic heterocycles. The molecule has 0 spiro atoms. The second-order valence-electron chi connectivity index (χ2n) is 4.58. The van der Waals surface area contributed by atoms with Crippen LogP contribution >= 0.6 is 0 Å². The summed E-state index contributed by atoms with van der Waals surface area (Å²) in [5.74, 6) is -0.858. The van der Waals surface area contributed by atoms with Crippen LogP contribution in [0, 0.1) is 0 Å². The first-order valence-corrected chi connectivity index (χ1v) is 5.44. The third-order valence-corrected chi connectivity index (χ3v) is 1.67. The highest BCUT2D eigenvalue weighted by atomic mass is 16.6. The van der Waals surface area contributed by atoms with Gasteiger partial charge in [0.15, 0.2) is 0 Å². The van der Waals surface area contributed by atoms with E-state index in [-0.39, 0.29) is 31.0 Å². The standard InChI is InChI=1S/C13H20O4/c1-6-9-16-12(15)10(2)7-8-11(14)17-13(3,4)5/h6H,1-2,7-9H2,3-5H3. The average molecular weight is 240 g/mol. The summed E-state index contributed by atoms with van der Waals surface area (Å²) in [5, 5.41) is 0. The van der Waals surface area contributed by atoms with E-state index in [0.29, 0.717) is 0 Å². The summed E-state index contributed by atoms with van der Waals surface area (Å²) in [6, 6.07) is 0. The fourth-order valence-corrected chi connectivity index (χ4v) is 0.984. The Balaban J connectivity index is 3.95. The Morgan fingerprint density at radius 1 is 1.24 bits per heavy atom. The molecule has 0 saturated carbocycles. The first-order chi connectivity index (χ1) is 7.76. The van der Waals surface area contributed by atoms with Crippen LogP contribution in [-0.4, -0.2) is 24.1 Å². The quantitative estimate of drug-likeness (QED) is 0.406. The third-order valence-electron chi connectivity index (χ3n) is 1.67. The number of rotatable bonds is 6. The number of ether oxygens (including phenoxy) is 2. The molecule has 0 heterocycles. The zero-order valence-corrected chi connectivity index (χ0v) is 10.7. The van der Waals surface area contributed by atoms with Gasteiger partial charge in [0.25, 0.3) is 0 Å². The molecule has 0 aromatic heterocycles. The molecule has 0 aromatic carbocycles. The predicted molar refractivity (Wildman–Crippen MR) is 65.4 cm³/mol. The average Bonchev–Trinajstić information content (AvgIpc) is 2.20. The van der Waals surface area contributed by atoms with E-state index < -0.39 is 11.6 Å². The second kappa shape index (κ2) is 6.89. The Morgan fingerprint density at radius 3 is 2.29 bits per heavy atom. The van der Waals surface area contributed by atoms with Gasteiger partial charge in [0.05, 0.1) is 0 Å². The molecule has 0 unspecified atom stereocenters. The van der Waals surface area contributed by atoms with E-state index in [1.807, 2.05) is 0 Å². The van der Waals surface area contributed by atoms with Crippen molar-refractivity contribution in [1.82, 2.24) is 0 Å². The van der Waals surface area contributed by atoms with E-state index in [4.69, 9.17) is 9.47 Å². The van der Waals surface area contributed by atoms with Crippen molar-refractivity contribution in [3.63, 3.8) is 0 Å². The maximum Gasteiger partial charge on any atom is 0.333 e. The SMILES string of the molecule is C=CCOC(=O)C(=C)CCC(=O)OC(C)(C)C. The zero-order valence-electron chi connectivity index (χ0n) is 10.7. The second-order valence-corrected chi connectivity index (χ2v) is 4.58. The Hall–Kier alpha value is -1.58. The monoisotopic (exact) mass is 240 g/mol. The Morgan fingerprint density at radius 2 is 1.82 bits per heavy atom. The molecule has 0 aliphatic rings. The summed E-state index contributed by atoms with van der Waals surface area (Å²) < 4.78 is 9.88. The van der Waals surface area contributed by atoms with E-state index in [0.717, 1.165) is 0 Å². The molecule has 0 atom stereocenters. The topological polar surface area (TPSA) is 52.6 Å². The van der Waals surface area contributed by atoms with E-state index in [1.165, 1.54) is 6.08 Å². The minimum absolute atomic E-state index is 0.124. The molecule has 17 heavy (non-hydrogen) atoms. The van der Waals surface area contributed by atoms with Gasteiger partial charge in [0.2, 0.25) is 0 Å². The summed E-state index contributed by atoms with van der Waals surface area (Å²) in [4.78, 5) is 22.6. The molecule has 0 N–H and O–H groups in total. The fraction of sp³-hybridized carbons (Fsp3) is 0.538. The highest BCUT2D eigenvalue weighted by molar-refractivity contribution is 5.88. The number of carbonyl (C=O) groups is 2. The summed E-state index contributed by atoms with van der Waals surface area (Å²) in [6.07, 6.45) is 1.84. The van der Waals surface area contributed by atoms with Gasteiger partial charge in [-0.25, -0.2) is 4.79 Å². The lowest BCUT2D eigenvalue weighted by Gasteiger charge is -2.19. The van der Waals surface area contributed by atoms with Gasteiger partial charge >= 0.3 is 11.9 Å². The largest absolute Gasteiger partial charge is 0.460 e. The van der Waals surface area contributed by atoms with Crippen LogP contribution in [0.1, 0.15) is 33.6 Å². The molecule has 0 radical (unpaired) electrons. The molecular formula is C13H20O4. The van der Waals surface area contributed by atoms with Crippen LogP contribution in [0.2, 0.25) is 0 Å². The highest BCUT2D eigenvalue weighted by Gasteiger charge is 2.17. The number of carbonyl (C=O) groups excluding carboxylic acids is 2. The van der Waals surface area contributed by atoms with Gasteiger partial charge in [-0.2, -0.15) is 0 Å². The molecule has 0 aliphatic carbocycles. The molecule has 0 saturated heterocycles. The van der Waals surface area contributed by atoms with E-state index in [9.17, 15) is 9.59 Å². The Labute approximate surface area is 102 Å². The smallest absolute Gasteiger partial charge is 0.333 e. The lowest BCUT2D eigenvalue weighted by molar-refractivity contribution is -0.154. The normalized spacial score (nSPS) is 10.5. The van der Waals surface area contributed by atoms with Crippen molar-refractivity contribution in [2.24, 2.45) is 0 Å². The van der Waals surface area contributed by atoms with Crippen molar-refractivity contribution in [1.29, 1.82) is 0 Å². The van der Waals surface area contributed by atoms with Crippen LogP contribution in [0.3, 0.4) is 0 Å². The lowest BCUT2D eigenvalue weighted by atomic mass is 10.1. The van der Waals surface area contributed by atoms with Gasteiger partial charge in [-0.15, -0.1) is 0 Å². The van der Waals surface area contributed by atoms with Crippen molar-refractivity contribution >= 4 is 11.9 Å². The first kappa shape index (κ1) is 15.4. The van der Waals surface area contributed by atoms with Crippen LogP contribution in [0.4, 0.5) is 0 Å². The maximum atomic E-state index is 11.4. The van der Waals surface area contributed by atoms with Crippen LogP contribution in [-0.2, 0) is 19.1 Å². The molecule has 0 bridgehead atoms. The lowest BCUT2D eigenvalue weighted by Crippen LogP contribution is -2.24. The van der Waals surface area contributed by atoms with E-state index in [2.05, 4.69) is 13.2 Å². The minimum atomic E-state index is -0.512. The van der Waals surface area contributed by atoms with Crippen LogP contribution < -0.4 is 0 Å². The first-order valence-electron chi connectivity index (χ1n) is 5.44. The van der Waals surface area contributed by atoms with Crippen molar-refractivity contribution in [3.05, 3.63) is 24.8 Å². The molecule has 0 aromatic rings. The fourth-order valence-electron chi connectivity index (χ4n) is 0.984. The Kier molecular flexibility index (Phi) is 6.25. The molecule has 4 heteroatoms. The third kappa shape index (κ3) is 8.25. The Bertz CT molecular complexity index is 310. The molecule has 96 valence electrons. The van der Waals surface area contributed by atoms with Crippen LogP contribution in [0.15, 0.2) is 24.8 Å². The highest BCUT2D eigenvalue weighted by Crippen LogP contribution is 2.11. The van der Waals surface area contributed by atoms with E-state index in [1.54, 1.807) is 20.8 Å². The van der Waals surface area contributed by atoms with Crippen molar-refractivity contribution in [2.45, 2.75) is 39.2 Å². The van der Waals surface area contributed by atoms with Gasteiger partial charge in [0.1, 0.15) is 12.2 Å². The molecule has 0 rings (SSSR count). The molecule has 0 fully saturated rings. The van der Waals surface area contributed by atoms with Crippen molar-refractivity contribution < 1.29 is 19.1 Å². The summed E-state index contributed by atoms with van der Waals surface area (Å²) >= 11 is 0. The number of esters is 2. The molecule has 4 nitrogen and oxygen atoms in total. The van der Waals surface area contributed by atoms with Gasteiger partial charge < -0.3 is 9.47 Å². The van der Waals surface area contributed by atoms with Gasteiger partial charge in [-0.1, -0.05) is 19.2 Å².